The molecule has 4 heteroatoms. The molecule has 0 aromatic rings. The van der Waals surface area contributed by atoms with Gasteiger partial charge in [0, 0.05) is 0 Å². The first kappa shape index (κ1) is 6.05. The normalized spacial score (nSPS) is 18.9. The Kier molecular flexibility index (Phi) is 1.86. The largest absolute Gasteiger partial charge is 0.457 e. The third-order valence-electron chi connectivity index (χ3n) is 0.687. The monoisotopic (exact) mass is 154 g/mol. The van der Waals surface area contributed by atoms with Gasteiger partial charge >= 0.3 is 0 Å². The lowest BCUT2D eigenvalue weighted by Crippen LogP contribution is -2.15. The molecule has 1 aliphatic heterocycles. The highest BCUT2D eigenvalue weighted by molar-refractivity contribution is 6.44. The molecule has 1 heterocycles. The second kappa shape index (κ2) is 2.46. The summed E-state index contributed by atoms with van der Waals surface area (Å²) in [6.45, 7) is 0. The summed E-state index contributed by atoms with van der Waals surface area (Å²) in [4.78, 5) is -0.620. The predicted octanol–water partition coefficient (Wildman–Crippen LogP) is 1.63. The van der Waals surface area contributed by atoms with Crippen molar-refractivity contribution in [3.8, 4) is 0 Å². The first-order valence-electron chi connectivity index (χ1n) is 2.05. The van der Waals surface area contributed by atoms with Crippen molar-refractivity contribution in [2.75, 3.05) is 0 Å². The molecule has 0 fully saturated rings. The van der Waals surface area contributed by atoms with Crippen LogP contribution in [0.5, 0.6) is 0 Å². The summed E-state index contributed by atoms with van der Waals surface area (Å²) < 4.78 is 9.50. The van der Waals surface area contributed by atoms with E-state index in [1.165, 1.54) is 12.5 Å². The number of alkyl halides is 2. The van der Waals surface area contributed by atoms with Crippen LogP contribution in [0.4, 0.5) is 0 Å². The van der Waals surface area contributed by atoms with Crippen molar-refractivity contribution in [1.29, 1.82) is 0 Å². The summed E-state index contributed by atoms with van der Waals surface area (Å²) in [6, 6.07) is 0. The number of halogens is 2. The average Bonchev–Trinajstić information content (AvgIpc) is 2.12. The maximum absolute atomic E-state index is 5.36. The van der Waals surface area contributed by atoms with Crippen molar-refractivity contribution in [2.45, 2.75) is 11.1 Å². The van der Waals surface area contributed by atoms with Crippen LogP contribution in [0.3, 0.4) is 0 Å². The molecule has 0 spiro atoms. The van der Waals surface area contributed by atoms with Crippen LogP contribution in [0.1, 0.15) is 0 Å². The SMILES string of the molecule is ClC(Cl)C1OC=CO1. The molecule has 0 aromatic carbocycles. The lowest BCUT2D eigenvalue weighted by atomic mass is 10.7. The minimum absolute atomic E-state index is 0.515. The highest BCUT2D eigenvalue weighted by Gasteiger charge is 2.20. The van der Waals surface area contributed by atoms with Crippen molar-refractivity contribution in [1.82, 2.24) is 0 Å². The maximum atomic E-state index is 5.36. The van der Waals surface area contributed by atoms with Crippen molar-refractivity contribution >= 4 is 23.2 Å². The molecule has 1 rings (SSSR count). The Balaban J connectivity index is 2.29. The molecule has 0 bridgehead atoms. The fraction of sp³-hybridized carbons (Fsp3) is 0.500. The fourth-order valence-corrected chi connectivity index (χ4v) is 0.607. The van der Waals surface area contributed by atoms with E-state index in [4.69, 9.17) is 32.7 Å². The van der Waals surface area contributed by atoms with Gasteiger partial charge in [-0.15, -0.1) is 0 Å². The lowest BCUT2D eigenvalue weighted by Gasteiger charge is -2.08. The van der Waals surface area contributed by atoms with E-state index >= 15 is 0 Å². The highest BCUT2D eigenvalue weighted by Crippen LogP contribution is 2.16. The van der Waals surface area contributed by atoms with Gasteiger partial charge in [-0.1, -0.05) is 23.2 Å². The van der Waals surface area contributed by atoms with Gasteiger partial charge in [-0.25, -0.2) is 0 Å². The second-order valence-electron chi connectivity index (χ2n) is 1.25. The Hall–Kier alpha value is -0.0800. The van der Waals surface area contributed by atoms with Gasteiger partial charge in [-0.2, -0.15) is 0 Å². The fourth-order valence-electron chi connectivity index (χ4n) is 0.370. The van der Waals surface area contributed by atoms with Crippen LogP contribution in [0.25, 0.3) is 0 Å². The molecule has 8 heavy (non-hydrogen) atoms. The van der Waals surface area contributed by atoms with E-state index in [1.54, 1.807) is 0 Å². The minimum Gasteiger partial charge on any atom is -0.457 e. The Morgan fingerprint density at radius 1 is 1.25 bits per heavy atom. The molecule has 46 valence electrons. The van der Waals surface area contributed by atoms with E-state index in [0.717, 1.165) is 0 Å². The molecule has 0 N–H and O–H groups in total. The molecule has 1 aliphatic rings. The number of hydrogen-bond acceptors (Lipinski definition) is 2. The van der Waals surface area contributed by atoms with Crippen LogP contribution in [0.2, 0.25) is 0 Å². The number of rotatable bonds is 1. The Labute approximate surface area is 57.0 Å². The van der Waals surface area contributed by atoms with Crippen LogP contribution in [0.15, 0.2) is 12.5 Å². The van der Waals surface area contributed by atoms with E-state index in [-0.39, 0.29) is 0 Å². The van der Waals surface area contributed by atoms with Crippen molar-refractivity contribution < 1.29 is 9.47 Å². The summed E-state index contributed by atoms with van der Waals surface area (Å²) >= 11 is 10.7. The van der Waals surface area contributed by atoms with Crippen molar-refractivity contribution in [3.63, 3.8) is 0 Å². The third kappa shape index (κ3) is 1.20. The van der Waals surface area contributed by atoms with Gasteiger partial charge < -0.3 is 9.47 Å². The summed E-state index contributed by atoms with van der Waals surface area (Å²) in [5.74, 6) is 0. The third-order valence-corrected chi connectivity index (χ3v) is 1.10. The van der Waals surface area contributed by atoms with Gasteiger partial charge in [0.2, 0.25) is 0 Å². The van der Waals surface area contributed by atoms with Gasteiger partial charge in [-0.05, 0) is 0 Å². The zero-order valence-electron chi connectivity index (χ0n) is 3.88. The topological polar surface area (TPSA) is 18.5 Å². The van der Waals surface area contributed by atoms with E-state index in [9.17, 15) is 0 Å². The molecule has 0 saturated carbocycles. The second-order valence-corrected chi connectivity index (χ2v) is 2.41. The molecule has 0 atom stereocenters. The zero-order chi connectivity index (χ0) is 5.98. The van der Waals surface area contributed by atoms with Gasteiger partial charge in [0.1, 0.15) is 12.5 Å². The number of ether oxygens (including phenoxy) is 2. The first-order chi connectivity index (χ1) is 3.80. The molecule has 0 aliphatic carbocycles. The quantitative estimate of drug-likeness (QED) is 0.535. The van der Waals surface area contributed by atoms with Gasteiger partial charge in [0.25, 0.3) is 6.29 Å². The number of hydrogen-bond donors (Lipinski definition) is 0. The van der Waals surface area contributed by atoms with Crippen LogP contribution >= 0.6 is 23.2 Å². The standard InChI is InChI=1S/C4H4Cl2O2/c5-3(6)4-7-1-2-8-4/h1-4H. The molecule has 0 unspecified atom stereocenters. The van der Waals surface area contributed by atoms with E-state index in [0.29, 0.717) is 0 Å². The van der Waals surface area contributed by atoms with E-state index in [2.05, 4.69) is 0 Å². The van der Waals surface area contributed by atoms with E-state index in [1.807, 2.05) is 0 Å². The molecule has 2 nitrogen and oxygen atoms in total. The summed E-state index contributed by atoms with van der Waals surface area (Å²) in [6.07, 6.45) is 2.29. The molecule has 0 amide bonds. The van der Waals surface area contributed by atoms with Crippen LogP contribution < -0.4 is 0 Å². The predicted molar refractivity (Wildman–Crippen MR) is 30.6 cm³/mol. The Morgan fingerprint density at radius 2 is 1.75 bits per heavy atom. The van der Waals surface area contributed by atoms with Crippen molar-refractivity contribution in [3.05, 3.63) is 12.5 Å². The smallest absolute Gasteiger partial charge is 0.269 e. The summed E-state index contributed by atoms with van der Waals surface area (Å²) in [5, 5.41) is 0. The minimum atomic E-state index is -0.620. The summed E-state index contributed by atoms with van der Waals surface area (Å²) in [7, 11) is 0. The Morgan fingerprint density at radius 3 is 2.00 bits per heavy atom. The lowest BCUT2D eigenvalue weighted by molar-refractivity contribution is -0.0103. The van der Waals surface area contributed by atoms with Gasteiger partial charge in [0.15, 0.2) is 4.84 Å². The van der Waals surface area contributed by atoms with E-state index < -0.39 is 11.1 Å². The Bertz CT molecular complexity index is 94.2. The first-order valence-corrected chi connectivity index (χ1v) is 2.92. The molecule has 0 saturated heterocycles. The molecular weight excluding hydrogens is 151 g/mol. The van der Waals surface area contributed by atoms with Gasteiger partial charge in [0.05, 0.1) is 0 Å². The highest BCUT2D eigenvalue weighted by atomic mass is 35.5. The molecule has 0 aromatic heterocycles. The summed E-state index contributed by atoms with van der Waals surface area (Å²) in [5.41, 5.74) is 0. The zero-order valence-corrected chi connectivity index (χ0v) is 5.39. The van der Waals surface area contributed by atoms with Crippen molar-refractivity contribution in [2.24, 2.45) is 0 Å². The average molecular weight is 155 g/mol. The molecule has 0 radical (unpaired) electrons. The maximum Gasteiger partial charge on any atom is 0.269 e. The van der Waals surface area contributed by atoms with Crippen LogP contribution in [0, 0.1) is 0 Å². The molecular formula is C4H4Cl2O2. The van der Waals surface area contributed by atoms with Crippen LogP contribution in [-0.4, -0.2) is 11.1 Å². The van der Waals surface area contributed by atoms with Crippen LogP contribution in [-0.2, 0) is 9.47 Å². The van der Waals surface area contributed by atoms with Gasteiger partial charge in [-0.3, -0.25) is 0 Å².